The molecule has 1 aliphatic rings. The molecule has 3 heteroatoms. The molecular weight excluding hydrogens is 224 g/mol. The van der Waals surface area contributed by atoms with E-state index in [1.807, 2.05) is 18.2 Å². The third-order valence-electron chi connectivity index (χ3n) is 3.20. The number of nitrogens with zero attached hydrogens (tertiary/aromatic N) is 1. The monoisotopic (exact) mass is 240 g/mol. The van der Waals surface area contributed by atoms with Gasteiger partial charge in [-0.3, -0.25) is 4.79 Å². The average Bonchev–Trinajstić information content (AvgIpc) is 2.89. The Labute approximate surface area is 107 Å². The van der Waals surface area contributed by atoms with E-state index < -0.39 is 0 Å². The lowest BCUT2D eigenvalue weighted by atomic mass is 10.1. The van der Waals surface area contributed by atoms with Crippen LogP contribution in [0.15, 0.2) is 30.3 Å². The van der Waals surface area contributed by atoms with Crippen molar-refractivity contribution in [3.63, 3.8) is 0 Å². The van der Waals surface area contributed by atoms with E-state index >= 15 is 0 Å². The highest BCUT2D eigenvalue weighted by molar-refractivity contribution is 5.92. The van der Waals surface area contributed by atoms with E-state index in [-0.39, 0.29) is 5.91 Å². The number of carbonyl (C=O) groups is 1. The van der Waals surface area contributed by atoms with Gasteiger partial charge >= 0.3 is 0 Å². The Morgan fingerprint density at radius 1 is 1.33 bits per heavy atom. The van der Waals surface area contributed by atoms with Crippen LogP contribution in [0.5, 0.6) is 0 Å². The molecule has 1 aromatic carbocycles. The van der Waals surface area contributed by atoms with Crippen LogP contribution in [0.25, 0.3) is 6.08 Å². The van der Waals surface area contributed by atoms with Gasteiger partial charge in [-0.15, -0.1) is 0 Å². The van der Waals surface area contributed by atoms with Crippen LogP contribution in [0.1, 0.15) is 36.8 Å². The maximum Gasteiger partial charge on any atom is 0.244 e. The summed E-state index contributed by atoms with van der Waals surface area (Å²) < 4.78 is 0. The van der Waals surface area contributed by atoms with Gasteiger partial charge in [0.15, 0.2) is 0 Å². The van der Waals surface area contributed by atoms with Gasteiger partial charge in [0.1, 0.15) is 0 Å². The number of rotatable bonds is 3. The third-order valence-corrected chi connectivity index (χ3v) is 3.20. The number of amides is 1. The molecule has 0 aliphatic heterocycles. The van der Waals surface area contributed by atoms with Crippen molar-refractivity contribution in [1.82, 2.24) is 5.32 Å². The molecule has 0 aromatic heterocycles. The molecule has 0 heterocycles. The van der Waals surface area contributed by atoms with Crippen molar-refractivity contribution in [2.45, 2.75) is 31.7 Å². The van der Waals surface area contributed by atoms with Crippen molar-refractivity contribution >= 4 is 12.0 Å². The number of nitriles is 1. The van der Waals surface area contributed by atoms with E-state index in [2.05, 4.69) is 11.4 Å². The van der Waals surface area contributed by atoms with Gasteiger partial charge in [-0.2, -0.15) is 5.26 Å². The highest BCUT2D eigenvalue weighted by Crippen LogP contribution is 2.17. The van der Waals surface area contributed by atoms with Crippen molar-refractivity contribution in [3.8, 4) is 6.07 Å². The summed E-state index contributed by atoms with van der Waals surface area (Å²) >= 11 is 0. The number of hydrogen-bond acceptors (Lipinski definition) is 2. The van der Waals surface area contributed by atoms with Gasteiger partial charge in [-0.25, -0.2) is 0 Å². The van der Waals surface area contributed by atoms with Crippen LogP contribution in [-0.4, -0.2) is 11.9 Å². The highest BCUT2D eigenvalue weighted by atomic mass is 16.1. The third kappa shape index (κ3) is 3.21. The second-order valence-electron chi connectivity index (χ2n) is 4.52. The quantitative estimate of drug-likeness (QED) is 0.826. The molecule has 0 atom stereocenters. The Hall–Kier alpha value is -2.08. The Morgan fingerprint density at radius 2 is 2.06 bits per heavy atom. The molecule has 0 bridgehead atoms. The zero-order valence-electron chi connectivity index (χ0n) is 10.2. The second-order valence-corrected chi connectivity index (χ2v) is 4.52. The van der Waals surface area contributed by atoms with E-state index in [0.717, 1.165) is 18.4 Å². The molecule has 0 unspecified atom stereocenters. The Kier molecular flexibility index (Phi) is 4.14. The lowest BCUT2D eigenvalue weighted by Gasteiger charge is -2.09. The maximum atomic E-state index is 11.7. The maximum absolute atomic E-state index is 11.7. The number of carbonyl (C=O) groups excluding carboxylic acids is 1. The standard InChI is InChI=1S/C15H16N2O/c16-11-13-6-2-1-5-12(13)9-10-15(18)17-14-7-3-4-8-14/h1-2,5-6,9-10,14H,3-4,7-8H2,(H,17,18). The molecule has 18 heavy (non-hydrogen) atoms. The molecule has 1 fully saturated rings. The summed E-state index contributed by atoms with van der Waals surface area (Å²) in [5.74, 6) is -0.0744. The molecule has 2 rings (SSSR count). The topological polar surface area (TPSA) is 52.9 Å². The Morgan fingerprint density at radius 3 is 2.78 bits per heavy atom. The van der Waals surface area contributed by atoms with Crippen molar-refractivity contribution in [2.75, 3.05) is 0 Å². The van der Waals surface area contributed by atoms with E-state index in [0.29, 0.717) is 11.6 Å². The van der Waals surface area contributed by atoms with Crippen molar-refractivity contribution in [3.05, 3.63) is 41.5 Å². The largest absolute Gasteiger partial charge is 0.350 e. The summed E-state index contributed by atoms with van der Waals surface area (Å²) in [6.07, 6.45) is 7.76. The zero-order chi connectivity index (χ0) is 12.8. The fourth-order valence-electron chi connectivity index (χ4n) is 2.23. The van der Waals surface area contributed by atoms with Crippen molar-refractivity contribution in [1.29, 1.82) is 5.26 Å². The number of hydrogen-bond donors (Lipinski definition) is 1. The lowest BCUT2D eigenvalue weighted by Crippen LogP contribution is -2.30. The molecule has 0 radical (unpaired) electrons. The van der Waals surface area contributed by atoms with Crippen LogP contribution in [0.4, 0.5) is 0 Å². The molecule has 3 nitrogen and oxygen atoms in total. The first-order valence-electron chi connectivity index (χ1n) is 6.27. The van der Waals surface area contributed by atoms with Gasteiger partial charge in [0.05, 0.1) is 11.6 Å². The van der Waals surface area contributed by atoms with Crippen molar-refractivity contribution < 1.29 is 4.79 Å². The second kappa shape index (κ2) is 6.02. The fraction of sp³-hybridized carbons (Fsp3) is 0.333. The van der Waals surface area contributed by atoms with E-state index in [9.17, 15) is 4.79 Å². The van der Waals surface area contributed by atoms with Crippen LogP contribution in [0.2, 0.25) is 0 Å². The molecule has 92 valence electrons. The summed E-state index contributed by atoms with van der Waals surface area (Å²) in [5, 5.41) is 11.9. The lowest BCUT2D eigenvalue weighted by molar-refractivity contribution is -0.117. The van der Waals surface area contributed by atoms with E-state index in [1.165, 1.54) is 18.9 Å². The molecule has 0 saturated heterocycles. The highest BCUT2D eigenvalue weighted by Gasteiger charge is 2.15. The first kappa shape index (κ1) is 12.4. The first-order valence-corrected chi connectivity index (χ1v) is 6.27. The van der Waals surface area contributed by atoms with Gasteiger partial charge in [0, 0.05) is 12.1 Å². The van der Waals surface area contributed by atoms with Crippen molar-refractivity contribution in [2.24, 2.45) is 0 Å². The first-order chi connectivity index (χ1) is 8.79. The molecular formula is C15H16N2O. The van der Waals surface area contributed by atoms with Gasteiger partial charge in [0.25, 0.3) is 0 Å². The number of benzene rings is 1. The Balaban J connectivity index is 1.97. The van der Waals surface area contributed by atoms with Gasteiger partial charge in [0.2, 0.25) is 5.91 Å². The summed E-state index contributed by atoms with van der Waals surface area (Å²) in [5.41, 5.74) is 1.36. The minimum Gasteiger partial charge on any atom is -0.350 e. The number of nitrogens with one attached hydrogen (secondary N) is 1. The molecule has 0 spiro atoms. The summed E-state index contributed by atoms with van der Waals surface area (Å²) in [6.45, 7) is 0. The van der Waals surface area contributed by atoms with Crippen LogP contribution >= 0.6 is 0 Å². The minimum absolute atomic E-state index is 0.0744. The minimum atomic E-state index is -0.0744. The van der Waals surface area contributed by atoms with E-state index in [1.54, 1.807) is 12.1 Å². The van der Waals surface area contributed by atoms with Crippen LogP contribution in [-0.2, 0) is 4.79 Å². The molecule has 1 saturated carbocycles. The molecule has 1 amide bonds. The molecule has 1 N–H and O–H groups in total. The SMILES string of the molecule is N#Cc1ccccc1C=CC(=O)NC1CCCC1. The fourth-order valence-corrected chi connectivity index (χ4v) is 2.23. The zero-order valence-corrected chi connectivity index (χ0v) is 10.2. The Bertz CT molecular complexity index is 493. The summed E-state index contributed by atoms with van der Waals surface area (Å²) in [7, 11) is 0. The predicted molar refractivity (Wildman–Crippen MR) is 70.6 cm³/mol. The molecule has 1 aromatic rings. The molecule has 1 aliphatic carbocycles. The normalized spacial score (nSPS) is 15.7. The van der Waals surface area contributed by atoms with Gasteiger partial charge in [-0.05, 0) is 30.5 Å². The predicted octanol–water partition coefficient (Wildman–Crippen LogP) is 2.63. The summed E-state index contributed by atoms with van der Waals surface area (Å²) in [6, 6.07) is 9.68. The van der Waals surface area contributed by atoms with Crippen LogP contribution in [0.3, 0.4) is 0 Å². The van der Waals surface area contributed by atoms with Crippen LogP contribution in [0, 0.1) is 11.3 Å². The van der Waals surface area contributed by atoms with Gasteiger partial charge in [-0.1, -0.05) is 31.0 Å². The van der Waals surface area contributed by atoms with E-state index in [4.69, 9.17) is 5.26 Å². The van der Waals surface area contributed by atoms with Gasteiger partial charge < -0.3 is 5.32 Å². The smallest absolute Gasteiger partial charge is 0.244 e. The van der Waals surface area contributed by atoms with Crippen LogP contribution < -0.4 is 5.32 Å². The summed E-state index contributed by atoms with van der Waals surface area (Å²) in [4.78, 5) is 11.7. The average molecular weight is 240 g/mol.